The van der Waals surface area contributed by atoms with Crippen LogP contribution in [0.25, 0.3) is 0 Å². The summed E-state index contributed by atoms with van der Waals surface area (Å²) in [6.07, 6.45) is 3.47. The molecule has 8 heteroatoms. The normalized spacial score (nSPS) is 16.7. The molecule has 1 aliphatic heterocycles. The number of para-hydroxylation sites is 1. The van der Waals surface area contributed by atoms with Crippen LogP contribution < -0.4 is 5.32 Å². The lowest BCUT2D eigenvalue weighted by Crippen LogP contribution is -2.47. The van der Waals surface area contributed by atoms with Crippen LogP contribution in [0.3, 0.4) is 0 Å². The quantitative estimate of drug-likeness (QED) is 0.720. The van der Waals surface area contributed by atoms with Crippen LogP contribution in [0.4, 0.5) is 5.69 Å². The standard InChI is InChI=1S/C20H20N4O3S/c25-19(15-6-11-28-14-15)22-18-5-2-1-4-17(18)20(26)23-9-10-27-16(12-23)13-24-8-3-7-21-24/h1-8,11,14,16H,9-10,12-13H2,(H,22,25). The number of hydrogen-bond acceptors (Lipinski definition) is 5. The molecular weight excluding hydrogens is 376 g/mol. The number of thiophene rings is 1. The minimum atomic E-state index is -0.222. The van der Waals surface area contributed by atoms with Gasteiger partial charge in [-0.3, -0.25) is 14.3 Å². The van der Waals surface area contributed by atoms with Crippen LogP contribution in [0.15, 0.2) is 59.6 Å². The molecule has 28 heavy (non-hydrogen) atoms. The molecule has 3 heterocycles. The first kappa shape index (κ1) is 18.4. The molecule has 1 unspecified atom stereocenters. The highest BCUT2D eigenvalue weighted by molar-refractivity contribution is 7.08. The molecule has 0 spiro atoms. The maximum Gasteiger partial charge on any atom is 0.256 e. The Bertz CT molecular complexity index is 940. The Labute approximate surface area is 166 Å². The zero-order chi connectivity index (χ0) is 19.3. The van der Waals surface area contributed by atoms with Crippen LogP contribution in [-0.2, 0) is 11.3 Å². The molecular formula is C20H20N4O3S. The van der Waals surface area contributed by atoms with E-state index in [9.17, 15) is 9.59 Å². The lowest BCUT2D eigenvalue weighted by molar-refractivity contribution is -0.0299. The minimum Gasteiger partial charge on any atom is -0.373 e. The summed E-state index contributed by atoms with van der Waals surface area (Å²) in [5.41, 5.74) is 1.57. The van der Waals surface area contributed by atoms with Crippen molar-refractivity contribution >= 4 is 28.8 Å². The molecule has 1 aromatic carbocycles. The molecule has 0 aliphatic carbocycles. The third kappa shape index (κ3) is 4.13. The molecule has 1 aliphatic rings. The fourth-order valence-electron chi connectivity index (χ4n) is 3.17. The number of morpholine rings is 1. The Morgan fingerprint density at radius 2 is 2.14 bits per heavy atom. The molecule has 0 bridgehead atoms. The van der Waals surface area contributed by atoms with E-state index in [-0.39, 0.29) is 17.9 Å². The highest BCUT2D eigenvalue weighted by atomic mass is 32.1. The number of aromatic nitrogens is 2. The van der Waals surface area contributed by atoms with E-state index in [1.807, 2.05) is 17.6 Å². The van der Waals surface area contributed by atoms with E-state index in [2.05, 4.69) is 10.4 Å². The second kappa shape index (κ2) is 8.37. The van der Waals surface area contributed by atoms with E-state index < -0.39 is 0 Å². The summed E-state index contributed by atoms with van der Waals surface area (Å²) in [4.78, 5) is 27.3. The Kier molecular flexibility index (Phi) is 5.50. The number of nitrogens with zero attached hydrogens (tertiary/aromatic N) is 3. The van der Waals surface area contributed by atoms with Crippen molar-refractivity contribution in [2.24, 2.45) is 0 Å². The molecule has 4 rings (SSSR count). The summed E-state index contributed by atoms with van der Waals surface area (Å²) in [6.45, 7) is 2.06. The maximum absolute atomic E-state index is 13.1. The van der Waals surface area contributed by atoms with Gasteiger partial charge in [0.05, 0.1) is 36.1 Å². The smallest absolute Gasteiger partial charge is 0.256 e. The lowest BCUT2D eigenvalue weighted by atomic mass is 10.1. The maximum atomic E-state index is 13.1. The highest BCUT2D eigenvalue weighted by Crippen LogP contribution is 2.20. The second-order valence-corrected chi connectivity index (χ2v) is 7.26. The van der Waals surface area contributed by atoms with E-state index in [1.54, 1.807) is 51.5 Å². The van der Waals surface area contributed by atoms with Gasteiger partial charge in [0.1, 0.15) is 0 Å². The molecule has 1 N–H and O–H groups in total. The number of carbonyl (C=O) groups is 2. The SMILES string of the molecule is O=C(Nc1ccccc1C(=O)N1CCOC(Cn2cccn2)C1)c1ccsc1. The van der Waals surface area contributed by atoms with E-state index in [0.717, 1.165) is 0 Å². The average molecular weight is 396 g/mol. The fourth-order valence-corrected chi connectivity index (χ4v) is 3.80. The number of rotatable bonds is 5. The van der Waals surface area contributed by atoms with Gasteiger partial charge in [-0.05, 0) is 29.6 Å². The summed E-state index contributed by atoms with van der Waals surface area (Å²) in [6, 6.07) is 10.7. The summed E-state index contributed by atoms with van der Waals surface area (Å²) >= 11 is 1.46. The zero-order valence-corrected chi connectivity index (χ0v) is 16.0. The third-order valence-corrected chi connectivity index (χ3v) is 5.25. The summed E-state index contributed by atoms with van der Waals surface area (Å²) in [5.74, 6) is -0.338. The molecule has 3 aromatic rings. The Hall–Kier alpha value is -2.97. The number of ether oxygens (including phenoxy) is 1. The summed E-state index contributed by atoms with van der Waals surface area (Å²) in [7, 11) is 0. The zero-order valence-electron chi connectivity index (χ0n) is 15.2. The largest absolute Gasteiger partial charge is 0.373 e. The van der Waals surface area contributed by atoms with Crippen molar-refractivity contribution in [2.45, 2.75) is 12.6 Å². The topological polar surface area (TPSA) is 76.5 Å². The number of nitrogens with one attached hydrogen (secondary N) is 1. The van der Waals surface area contributed by atoms with Crippen molar-refractivity contribution in [2.75, 3.05) is 25.0 Å². The van der Waals surface area contributed by atoms with Crippen LogP contribution in [-0.4, -0.2) is 52.3 Å². The van der Waals surface area contributed by atoms with Crippen molar-refractivity contribution in [3.8, 4) is 0 Å². The van der Waals surface area contributed by atoms with Crippen LogP contribution in [0.5, 0.6) is 0 Å². The van der Waals surface area contributed by atoms with Gasteiger partial charge < -0.3 is 15.0 Å². The first-order valence-electron chi connectivity index (χ1n) is 9.01. The Balaban J connectivity index is 1.47. The molecule has 2 aromatic heterocycles. The number of hydrogen-bond donors (Lipinski definition) is 1. The highest BCUT2D eigenvalue weighted by Gasteiger charge is 2.27. The van der Waals surface area contributed by atoms with Crippen LogP contribution >= 0.6 is 11.3 Å². The van der Waals surface area contributed by atoms with Crippen LogP contribution in [0, 0.1) is 0 Å². The molecule has 2 amide bonds. The van der Waals surface area contributed by atoms with Crippen LogP contribution in [0.2, 0.25) is 0 Å². The molecule has 0 saturated carbocycles. The van der Waals surface area contributed by atoms with Crippen molar-refractivity contribution in [3.05, 3.63) is 70.7 Å². The Morgan fingerprint density at radius 1 is 1.25 bits per heavy atom. The first-order chi connectivity index (χ1) is 13.7. The van der Waals surface area contributed by atoms with Crippen molar-refractivity contribution in [1.82, 2.24) is 14.7 Å². The molecule has 1 fully saturated rings. The monoisotopic (exact) mass is 396 g/mol. The first-order valence-corrected chi connectivity index (χ1v) is 9.96. The van der Waals surface area contributed by atoms with Crippen LogP contribution in [0.1, 0.15) is 20.7 Å². The fraction of sp³-hybridized carbons (Fsp3) is 0.250. The molecule has 0 radical (unpaired) electrons. The number of anilines is 1. The van der Waals surface area contributed by atoms with E-state index in [4.69, 9.17) is 4.74 Å². The second-order valence-electron chi connectivity index (χ2n) is 6.48. The van der Waals surface area contributed by atoms with E-state index in [1.165, 1.54) is 11.3 Å². The van der Waals surface area contributed by atoms with E-state index >= 15 is 0 Å². The lowest BCUT2D eigenvalue weighted by Gasteiger charge is -2.33. The average Bonchev–Trinajstić information content (AvgIpc) is 3.42. The molecule has 1 atom stereocenters. The van der Waals surface area contributed by atoms with Gasteiger partial charge in [0.15, 0.2) is 0 Å². The number of benzene rings is 1. The molecule has 1 saturated heterocycles. The Morgan fingerprint density at radius 3 is 2.93 bits per heavy atom. The van der Waals surface area contributed by atoms with Gasteiger partial charge in [0.2, 0.25) is 0 Å². The summed E-state index contributed by atoms with van der Waals surface area (Å²) < 4.78 is 7.59. The van der Waals surface area contributed by atoms with Crippen molar-refractivity contribution < 1.29 is 14.3 Å². The van der Waals surface area contributed by atoms with Gasteiger partial charge in [-0.1, -0.05) is 12.1 Å². The van der Waals surface area contributed by atoms with Crippen molar-refractivity contribution in [3.63, 3.8) is 0 Å². The predicted octanol–water partition coefficient (Wildman–Crippen LogP) is 2.74. The number of amides is 2. The molecule has 144 valence electrons. The van der Waals surface area contributed by atoms with Gasteiger partial charge in [0.25, 0.3) is 11.8 Å². The van der Waals surface area contributed by atoms with Gasteiger partial charge >= 0.3 is 0 Å². The minimum absolute atomic E-state index is 0.116. The third-order valence-electron chi connectivity index (χ3n) is 4.56. The van der Waals surface area contributed by atoms with E-state index in [0.29, 0.717) is 43.1 Å². The van der Waals surface area contributed by atoms with Gasteiger partial charge in [-0.15, -0.1) is 0 Å². The summed E-state index contributed by atoms with van der Waals surface area (Å²) in [5, 5.41) is 10.7. The van der Waals surface area contributed by atoms with Gasteiger partial charge in [-0.25, -0.2) is 0 Å². The number of carbonyl (C=O) groups excluding carboxylic acids is 2. The van der Waals surface area contributed by atoms with Gasteiger partial charge in [0, 0.05) is 30.9 Å². The van der Waals surface area contributed by atoms with Crippen molar-refractivity contribution in [1.29, 1.82) is 0 Å². The van der Waals surface area contributed by atoms with Gasteiger partial charge in [-0.2, -0.15) is 16.4 Å². The predicted molar refractivity (Wildman–Crippen MR) is 107 cm³/mol. The molecule has 7 nitrogen and oxygen atoms in total.